The van der Waals surface area contributed by atoms with Crippen molar-refractivity contribution < 1.29 is 9.18 Å². The van der Waals surface area contributed by atoms with E-state index in [0.29, 0.717) is 5.69 Å². The quantitative estimate of drug-likeness (QED) is 0.455. The van der Waals surface area contributed by atoms with Gasteiger partial charge in [-0.05, 0) is 36.4 Å². The molecule has 0 saturated carbocycles. The van der Waals surface area contributed by atoms with Gasteiger partial charge in [0.15, 0.2) is 0 Å². The lowest BCUT2D eigenvalue weighted by molar-refractivity contribution is 0.102. The van der Waals surface area contributed by atoms with Gasteiger partial charge in [0.05, 0.1) is 16.3 Å². The molecule has 28 heavy (non-hydrogen) atoms. The van der Waals surface area contributed by atoms with Gasteiger partial charge in [0.2, 0.25) is 0 Å². The van der Waals surface area contributed by atoms with Gasteiger partial charge in [-0.1, -0.05) is 29.8 Å². The second-order valence-electron chi connectivity index (χ2n) is 5.91. The minimum Gasteiger partial charge on any atom is -0.322 e. The minimum absolute atomic E-state index is 0.0641. The maximum atomic E-state index is 14.0. The summed E-state index contributed by atoms with van der Waals surface area (Å²) in [6.45, 7) is 0. The van der Waals surface area contributed by atoms with Crippen molar-refractivity contribution in [3.05, 3.63) is 88.8 Å². The van der Waals surface area contributed by atoms with Crippen LogP contribution in [0.4, 0.5) is 10.1 Å². The third kappa shape index (κ3) is 3.78. The molecular formula is C21H13ClFN3OS. The number of nitrogens with zero attached hydrogens (tertiary/aromatic N) is 2. The van der Waals surface area contributed by atoms with Crippen LogP contribution in [0.2, 0.25) is 5.02 Å². The first-order chi connectivity index (χ1) is 13.6. The van der Waals surface area contributed by atoms with Crippen LogP contribution < -0.4 is 5.32 Å². The second-order valence-corrected chi connectivity index (χ2v) is 7.18. The molecule has 4 aromatic rings. The van der Waals surface area contributed by atoms with E-state index in [9.17, 15) is 9.18 Å². The Balaban J connectivity index is 1.59. The smallest absolute Gasteiger partial charge is 0.260 e. The molecule has 0 aliphatic heterocycles. The average Bonchev–Trinajstić information content (AvgIpc) is 3.19. The molecule has 2 aromatic carbocycles. The van der Waals surface area contributed by atoms with Gasteiger partial charge >= 0.3 is 0 Å². The van der Waals surface area contributed by atoms with Crippen molar-refractivity contribution in [1.82, 2.24) is 9.97 Å². The monoisotopic (exact) mass is 409 g/mol. The van der Waals surface area contributed by atoms with Crippen LogP contribution in [0.5, 0.6) is 0 Å². The van der Waals surface area contributed by atoms with Gasteiger partial charge in [-0.2, -0.15) is 0 Å². The van der Waals surface area contributed by atoms with E-state index in [2.05, 4.69) is 15.3 Å². The first-order valence-electron chi connectivity index (χ1n) is 8.33. The van der Waals surface area contributed by atoms with E-state index in [-0.39, 0.29) is 10.6 Å². The molecule has 0 radical (unpaired) electrons. The normalized spacial score (nSPS) is 10.6. The van der Waals surface area contributed by atoms with Crippen molar-refractivity contribution in [1.29, 1.82) is 0 Å². The van der Waals surface area contributed by atoms with E-state index in [4.69, 9.17) is 11.6 Å². The topological polar surface area (TPSA) is 54.9 Å². The van der Waals surface area contributed by atoms with Gasteiger partial charge in [0.25, 0.3) is 5.91 Å². The van der Waals surface area contributed by atoms with Crippen LogP contribution in [0.15, 0.2) is 72.4 Å². The third-order valence-electron chi connectivity index (χ3n) is 4.02. The number of benzene rings is 2. The van der Waals surface area contributed by atoms with E-state index in [0.717, 1.165) is 21.8 Å². The number of rotatable bonds is 4. The highest BCUT2D eigenvalue weighted by Gasteiger charge is 2.16. The standard InChI is InChI=1S/C21H13ClFN3OS/c22-16-7-2-8-17(23)19(16)20(27)25-15-6-1-4-13(10-15)18-12-28-21(26-18)14-5-3-9-24-11-14/h1-12H,(H,25,27). The highest BCUT2D eigenvalue weighted by molar-refractivity contribution is 7.13. The molecule has 0 aliphatic rings. The molecule has 1 amide bonds. The van der Waals surface area contributed by atoms with E-state index in [1.54, 1.807) is 30.6 Å². The Morgan fingerprint density at radius 2 is 1.89 bits per heavy atom. The largest absolute Gasteiger partial charge is 0.322 e. The first kappa shape index (κ1) is 18.3. The number of anilines is 1. The van der Waals surface area contributed by atoms with Gasteiger partial charge in [-0.25, -0.2) is 9.37 Å². The van der Waals surface area contributed by atoms with E-state index in [1.165, 1.54) is 29.5 Å². The molecule has 2 heterocycles. The molecule has 7 heteroatoms. The van der Waals surface area contributed by atoms with Crippen molar-refractivity contribution in [3.8, 4) is 21.8 Å². The molecule has 0 aliphatic carbocycles. The lowest BCUT2D eigenvalue weighted by Gasteiger charge is -2.08. The number of halogens is 2. The number of nitrogens with one attached hydrogen (secondary N) is 1. The number of amides is 1. The number of carbonyl (C=O) groups is 1. The van der Waals surface area contributed by atoms with E-state index in [1.807, 2.05) is 23.6 Å². The van der Waals surface area contributed by atoms with Crippen LogP contribution in [0.1, 0.15) is 10.4 Å². The van der Waals surface area contributed by atoms with Crippen LogP contribution >= 0.6 is 22.9 Å². The summed E-state index contributed by atoms with van der Waals surface area (Å²) in [5.41, 5.74) is 2.91. The molecule has 4 nitrogen and oxygen atoms in total. The fourth-order valence-corrected chi connectivity index (χ4v) is 3.76. The molecule has 0 spiro atoms. The predicted octanol–water partition coefficient (Wildman–Crippen LogP) is 5.92. The minimum atomic E-state index is -0.665. The first-order valence-corrected chi connectivity index (χ1v) is 9.59. The fourth-order valence-electron chi connectivity index (χ4n) is 2.69. The zero-order chi connectivity index (χ0) is 19.5. The van der Waals surface area contributed by atoms with Gasteiger partial charge in [-0.15, -0.1) is 11.3 Å². The van der Waals surface area contributed by atoms with Crippen LogP contribution in [0.3, 0.4) is 0 Å². The molecule has 1 N–H and O–H groups in total. The Hall–Kier alpha value is -3.09. The van der Waals surface area contributed by atoms with Crippen molar-refractivity contribution in [2.45, 2.75) is 0 Å². The van der Waals surface area contributed by atoms with Crippen molar-refractivity contribution in [2.24, 2.45) is 0 Å². The van der Waals surface area contributed by atoms with Crippen LogP contribution in [0.25, 0.3) is 21.8 Å². The molecule has 0 bridgehead atoms. The van der Waals surface area contributed by atoms with Gasteiger partial charge in [0, 0.05) is 34.6 Å². The molecule has 0 saturated heterocycles. The Morgan fingerprint density at radius 3 is 2.68 bits per heavy atom. The third-order valence-corrected chi connectivity index (χ3v) is 5.23. The fraction of sp³-hybridized carbons (Fsp3) is 0. The highest BCUT2D eigenvalue weighted by Crippen LogP contribution is 2.30. The van der Waals surface area contributed by atoms with Crippen molar-refractivity contribution in [3.63, 3.8) is 0 Å². The maximum absolute atomic E-state index is 14.0. The Kier molecular flexibility index (Phi) is 5.14. The molecule has 138 valence electrons. The Labute approximate surface area is 169 Å². The summed E-state index contributed by atoms with van der Waals surface area (Å²) in [4.78, 5) is 21.2. The van der Waals surface area contributed by atoms with E-state index >= 15 is 0 Å². The lowest BCUT2D eigenvalue weighted by Crippen LogP contribution is -2.14. The van der Waals surface area contributed by atoms with Crippen molar-refractivity contribution >= 4 is 34.5 Å². The number of carbonyl (C=O) groups excluding carboxylic acids is 1. The van der Waals surface area contributed by atoms with Crippen molar-refractivity contribution in [2.75, 3.05) is 5.32 Å². The second kappa shape index (κ2) is 7.88. The summed E-state index contributed by atoms with van der Waals surface area (Å²) in [5.74, 6) is -1.27. The number of pyridine rings is 1. The number of thiazole rings is 1. The van der Waals surface area contributed by atoms with Gasteiger partial charge in [-0.3, -0.25) is 9.78 Å². The Bertz CT molecular complexity index is 1130. The average molecular weight is 410 g/mol. The van der Waals surface area contributed by atoms with Crippen LogP contribution in [-0.4, -0.2) is 15.9 Å². The number of hydrogen-bond donors (Lipinski definition) is 1. The summed E-state index contributed by atoms with van der Waals surface area (Å²) in [6, 6.07) is 15.2. The van der Waals surface area contributed by atoms with Gasteiger partial charge < -0.3 is 5.32 Å². The summed E-state index contributed by atoms with van der Waals surface area (Å²) >= 11 is 7.48. The Morgan fingerprint density at radius 1 is 1.07 bits per heavy atom. The predicted molar refractivity (Wildman–Crippen MR) is 110 cm³/mol. The molecule has 0 unspecified atom stereocenters. The highest BCUT2D eigenvalue weighted by atomic mass is 35.5. The zero-order valence-corrected chi connectivity index (χ0v) is 16.0. The lowest BCUT2D eigenvalue weighted by atomic mass is 10.1. The molecule has 4 rings (SSSR count). The van der Waals surface area contributed by atoms with Crippen LogP contribution in [-0.2, 0) is 0 Å². The summed E-state index contributed by atoms with van der Waals surface area (Å²) in [5, 5.41) is 5.55. The molecule has 0 fully saturated rings. The summed E-state index contributed by atoms with van der Waals surface area (Å²) in [6.07, 6.45) is 3.48. The molecular weight excluding hydrogens is 397 g/mol. The SMILES string of the molecule is O=C(Nc1cccc(-c2csc(-c3cccnc3)n2)c1)c1c(F)cccc1Cl. The summed E-state index contributed by atoms with van der Waals surface area (Å²) in [7, 11) is 0. The number of hydrogen-bond acceptors (Lipinski definition) is 4. The maximum Gasteiger partial charge on any atom is 0.260 e. The number of aromatic nitrogens is 2. The summed E-state index contributed by atoms with van der Waals surface area (Å²) < 4.78 is 14.0. The molecule has 2 aromatic heterocycles. The van der Waals surface area contributed by atoms with E-state index < -0.39 is 11.7 Å². The zero-order valence-electron chi connectivity index (χ0n) is 14.4. The van der Waals surface area contributed by atoms with Gasteiger partial charge in [0.1, 0.15) is 10.8 Å². The molecule has 0 atom stereocenters. The van der Waals surface area contributed by atoms with Crippen LogP contribution in [0, 0.1) is 5.82 Å².